The minimum absolute atomic E-state index is 0.131. The highest BCUT2D eigenvalue weighted by atomic mass is 79.9. The molecular formula is C17H18BrNO3. The zero-order valence-corrected chi connectivity index (χ0v) is 14.1. The summed E-state index contributed by atoms with van der Waals surface area (Å²) in [4.78, 5) is 13.8. The van der Waals surface area contributed by atoms with Crippen molar-refractivity contribution in [2.24, 2.45) is 0 Å². The second kappa shape index (κ2) is 7.42. The molecule has 4 nitrogen and oxygen atoms in total. The summed E-state index contributed by atoms with van der Waals surface area (Å²) in [6.45, 7) is 0.220. The summed E-state index contributed by atoms with van der Waals surface area (Å²) in [6, 6.07) is 14.3. The number of benzene rings is 2. The van der Waals surface area contributed by atoms with Crippen LogP contribution in [0.15, 0.2) is 53.0 Å². The van der Waals surface area contributed by atoms with Crippen LogP contribution in [0.4, 0.5) is 0 Å². The predicted molar refractivity (Wildman–Crippen MR) is 89.1 cm³/mol. The topological polar surface area (TPSA) is 49.8 Å². The Morgan fingerprint density at radius 2 is 1.95 bits per heavy atom. The zero-order valence-electron chi connectivity index (χ0n) is 12.5. The van der Waals surface area contributed by atoms with Crippen LogP contribution in [0.25, 0.3) is 0 Å². The van der Waals surface area contributed by atoms with E-state index in [4.69, 9.17) is 4.74 Å². The van der Waals surface area contributed by atoms with E-state index in [2.05, 4.69) is 15.9 Å². The molecule has 116 valence electrons. The molecule has 0 spiro atoms. The summed E-state index contributed by atoms with van der Waals surface area (Å²) in [6.07, 6.45) is -0.744. The predicted octanol–water partition coefficient (Wildman–Crippen LogP) is 3.26. The van der Waals surface area contributed by atoms with Gasteiger partial charge in [-0.15, -0.1) is 0 Å². The van der Waals surface area contributed by atoms with Crippen molar-refractivity contribution in [3.05, 3.63) is 64.1 Å². The van der Waals surface area contributed by atoms with Gasteiger partial charge in [0.2, 0.25) is 0 Å². The van der Waals surface area contributed by atoms with E-state index in [-0.39, 0.29) is 12.5 Å². The number of hydrogen-bond donors (Lipinski definition) is 1. The van der Waals surface area contributed by atoms with Gasteiger partial charge in [0.25, 0.3) is 5.91 Å². The van der Waals surface area contributed by atoms with Crippen LogP contribution in [-0.2, 0) is 0 Å². The Morgan fingerprint density at radius 1 is 1.27 bits per heavy atom. The number of ether oxygens (including phenoxy) is 1. The Morgan fingerprint density at radius 3 is 2.55 bits per heavy atom. The number of hydrogen-bond acceptors (Lipinski definition) is 3. The number of carbonyl (C=O) groups is 1. The molecule has 0 saturated heterocycles. The van der Waals surface area contributed by atoms with Crippen molar-refractivity contribution < 1.29 is 14.6 Å². The third kappa shape index (κ3) is 4.08. The standard InChI is InChI=1S/C17H18BrNO3/c1-19(17(21)13-4-3-5-14(18)10-13)11-16(20)12-6-8-15(22-2)9-7-12/h3-10,16,20H,11H2,1-2H3. The number of aliphatic hydroxyl groups is 1. The van der Waals surface area contributed by atoms with Gasteiger partial charge in [0.1, 0.15) is 5.75 Å². The normalized spacial score (nSPS) is 11.8. The van der Waals surface area contributed by atoms with E-state index in [1.54, 1.807) is 50.6 Å². The molecule has 0 heterocycles. The molecule has 1 N–H and O–H groups in total. The van der Waals surface area contributed by atoms with Gasteiger partial charge in [-0.05, 0) is 35.9 Å². The van der Waals surface area contributed by atoms with Crippen LogP contribution in [0.1, 0.15) is 22.0 Å². The quantitative estimate of drug-likeness (QED) is 0.886. The Balaban J connectivity index is 2.03. The third-order valence-electron chi connectivity index (χ3n) is 3.37. The lowest BCUT2D eigenvalue weighted by atomic mass is 10.1. The Bertz CT molecular complexity index is 643. The largest absolute Gasteiger partial charge is 0.497 e. The van der Waals surface area contributed by atoms with Crippen molar-refractivity contribution >= 4 is 21.8 Å². The molecule has 0 saturated carbocycles. The first-order valence-electron chi connectivity index (χ1n) is 6.84. The van der Waals surface area contributed by atoms with E-state index in [1.165, 1.54) is 4.90 Å². The molecule has 1 amide bonds. The van der Waals surface area contributed by atoms with E-state index in [9.17, 15) is 9.90 Å². The average Bonchev–Trinajstić information content (AvgIpc) is 2.54. The van der Waals surface area contributed by atoms with E-state index in [0.29, 0.717) is 5.56 Å². The van der Waals surface area contributed by atoms with Crippen molar-refractivity contribution in [3.8, 4) is 5.75 Å². The maximum atomic E-state index is 12.3. The Hall–Kier alpha value is -1.85. The van der Waals surface area contributed by atoms with Crippen molar-refractivity contribution in [3.63, 3.8) is 0 Å². The first-order valence-corrected chi connectivity index (χ1v) is 7.63. The van der Waals surface area contributed by atoms with Crippen LogP contribution in [0.2, 0.25) is 0 Å². The van der Waals surface area contributed by atoms with Gasteiger partial charge < -0.3 is 14.7 Å². The van der Waals surface area contributed by atoms with Crippen LogP contribution >= 0.6 is 15.9 Å². The summed E-state index contributed by atoms with van der Waals surface area (Å²) < 4.78 is 5.94. The second-order valence-electron chi connectivity index (χ2n) is 4.98. The molecule has 0 aliphatic rings. The van der Waals surface area contributed by atoms with Crippen molar-refractivity contribution in [2.45, 2.75) is 6.10 Å². The molecule has 1 unspecified atom stereocenters. The molecule has 22 heavy (non-hydrogen) atoms. The zero-order chi connectivity index (χ0) is 16.1. The Labute approximate surface area is 138 Å². The molecule has 0 aliphatic carbocycles. The maximum absolute atomic E-state index is 12.3. The number of methoxy groups -OCH3 is 1. The lowest BCUT2D eigenvalue weighted by Crippen LogP contribution is -2.31. The lowest BCUT2D eigenvalue weighted by Gasteiger charge is -2.21. The number of carbonyl (C=O) groups excluding carboxylic acids is 1. The number of halogens is 1. The first-order chi connectivity index (χ1) is 10.5. The van der Waals surface area contributed by atoms with Gasteiger partial charge in [-0.25, -0.2) is 0 Å². The monoisotopic (exact) mass is 363 g/mol. The van der Waals surface area contributed by atoms with Crippen LogP contribution in [0, 0.1) is 0 Å². The molecular weight excluding hydrogens is 346 g/mol. The van der Waals surface area contributed by atoms with E-state index < -0.39 is 6.10 Å². The van der Waals surface area contributed by atoms with Gasteiger partial charge >= 0.3 is 0 Å². The minimum atomic E-state index is -0.744. The SMILES string of the molecule is COc1ccc(C(O)CN(C)C(=O)c2cccc(Br)c2)cc1. The molecule has 1 atom stereocenters. The molecule has 0 radical (unpaired) electrons. The van der Waals surface area contributed by atoms with Crippen LogP contribution < -0.4 is 4.74 Å². The second-order valence-corrected chi connectivity index (χ2v) is 5.90. The maximum Gasteiger partial charge on any atom is 0.253 e. The summed E-state index contributed by atoms with van der Waals surface area (Å²) in [5.41, 5.74) is 1.33. The molecule has 2 aromatic rings. The van der Waals surface area contributed by atoms with Gasteiger partial charge in [0.05, 0.1) is 19.8 Å². The average molecular weight is 364 g/mol. The van der Waals surface area contributed by atoms with Gasteiger partial charge in [0, 0.05) is 17.1 Å². The van der Waals surface area contributed by atoms with Crippen LogP contribution in [0.3, 0.4) is 0 Å². The number of rotatable bonds is 5. The highest BCUT2D eigenvalue weighted by Crippen LogP contribution is 2.19. The number of likely N-dealkylation sites (N-methyl/N-ethyl adjacent to an activating group) is 1. The fraction of sp³-hybridized carbons (Fsp3) is 0.235. The summed E-state index contributed by atoms with van der Waals surface area (Å²) in [5, 5.41) is 10.3. The van der Waals surface area contributed by atoms with Crippen molar-refractivity contribution in [1.29, 1.82) is 0 Å². The van der Waals surface area contributed by atoms with Gasteiger partial charge in [-0.1, -0.05) is 34.1 Å². The summed E-state index contributed by atoms with van der Waals surface area (Å²) >= 11 is 3.35. The summed E-state index contributed by atoms with van der Waals surface area (Å²) in [5.74, 6) is 0.600. The molecule has 2 aromatic carbocycles. The number of nitrogens with zero attached hydrogens (tertiary/aromatic N) is 1. The number of amides is 1. The van der Waals surface area contributed by atoms with E-state index in [1.807, 2.05) is 12.1 Å². The molecule has 0 bridgehead atoms. The fourth-order valence-corrected chi connectivity index (χ4v) is 2.51. The van der Waals surface area contributed by atoms with Gasteiger partial charge in [-0.2, -0.15) is 0 Å². The smallest absolute Gasteiger partial charge is 0.253 e. The van der Waals surface area contributed by atoms with Gasteiger partial charge in [-0.3, -0.25) is 4.79 Å². The molecule has 5 heteroatoms. The van der Waals surface area contributed by atoms with Gasteiger partial charge in [0.15, 0.2) is 0 Å². The molecule has 2 rings (SSSR count). The molecule has 0 fully saturated rings. The molecule has 0 aromatic heterocycles. The third-order valence-corrected chi connectivity index (χ3v) is 3.86. The van der Waals surface area contributed by atoms with Crippen LogP contribution in [-0.4, -0.2) is 36.6 Å². The number of aliphatic hydroxyl groups excluding tert-OH is 1. The van der Waals surface area contributed by atoms with Crippen molar-refractivity contribution in [1.82, 2.24) is 4.90 Å². The highest BCUT2D eigenvalue weighted by Gasteiger charge is 2.17. The fourth-order valence-electron chi connectivity index (χ4n) is 2.12. The lowest BCUT2D eigenvalue weighted by molar-refractivity contribution is 0.0681. The van der Waals surface area contributed by atoms with Crippen LogP contribution in [0.5, 0.6) is 5.75 Å². The van der Waals surface area contributed by atoms with Crippen molar-refractivity contribution in [2.75, 3.05) is 20.7 Å². The van der Waals surface area contributed by atoms with E-state index >= 15 is 0 Å². The highest BCUT2D eigenvalue weighted by molar-refractivity contribution is 9.10. The Kier molecular flexibility index (Phi) is 5.57. The summed E-state index contributed by atoms with van der Waals surface area (Å²) in [7, 11) is 3.27. The molecule has 0 aliphatic heterocycles. The van der Waals surface area contributed by atoms with E-state index in [0.717, 1.165) is 15.8 Å². The first kappa shape index (κ1) is 16.5. The minimum Gasteiger partial charge on any atom is -0.497 e.